The van der Waals surface area contributed by atoms with Gasteiger partial charge < -0.3 is 16.3 Å². The number of hydrogen-bond donors (Lipinski definition) is 3. The van der Waals surface area contributed by atoms with Crippen molar-refractivity contribution < 1.29 is 9.60 Å². The van der Waals surface area contributed by atoms with Gasteiger partial charge in [0, 0.05) is 18.7 Å². The van der Waals surface area contributed by atoms with Crippen molar-refractivity contribution in [2.24, 2.45) is 10.9 Å². The summed E-state index contributed by atoms with van der Waals surface area (Å²) in [4.78, 5) is 0. The molecule has 0 bridgehead atoms. The Morgan fingerprint density at radius 2 is 2.05 bits per heavy atom. The summed E-state index contributed by atoms with van der Waals surface area (Å²) in [6, 6.07) is 12.4. The number of nitrogens with one attached hydrogen (secondary N) is 1. The molecule has 0 heterocycles. The van der Waals surface area contributed by atoms with Crippen molar-refractivity contribution in [3.8, 4) is 0 Å². The second-order valence-corrected chi connectivity index (χ2v) is 4.88. The quantitative estimate of drug-likeness (QED) is 0.342. The first-order valence-electron chi connectivity index (χ1n) is 6.62. The number of nitrogens with two attached hydrogens (primary N) is 1. The maximum absolute atomic E-state index is 13.3. The molecule has 2 aromatic carbocycles. The number of hydrogen-bond acceptors (Lipinski definition) is 3. The third-order valence-electron chi connectivity index (χ3n) is 3.18. The highest BCUT2D eigenvalue weighted by molar-refractivity contribution is 5.98. The average Bonchev–Trinajstić information content (AvgIpc) is 2.48. The van der Waals surface area contributed by atoms with Gasteiger partial charge in [0.25, 0.3) is 0 Å². The molecule has 4 N–H and O–H groups in total. The maximum Gasteiger partial charge on any atom is 0.170 e. The molecular weight excluding hydrogens is 269 g/mol. The number of nitrogens with zero attached hydrogens (tertiary/aromatic N) is 1. The van der Waals surface area contributed by atoms with E-state index in [1.165, 1.54) is 23.3 Å². The van der Waals surface area contributed by atoms with Crippen molar-refractivity contribution >= 4 is 5.84 Å². The van der Waals surface area contributed by atoms with Gasteiger partial charge in [0.05, 0.1) is 0 Å². The largest absolute Gasteiger partial charge is 0.409 e. The van der Waals surface area contributed by atoms with Gasteiger partial charge >= 0.3 is 0 Å². The van der Waals surface area contributed by atoms with Gasteiger partial charge in [-0.3, -0.25) is 0 Å². The lowest BCUT2D eigenvalue weighted by atomic mass is 10.1. The van der Waals surface area contributed by atoms with Crippen LogP contribution in [0.15, 0.2) is 47.6 Å². The Morgan fingerprint density at radius 3 is 2.76 bits per heavy atom. The second kappa shape index (κ2) is 6.85. The molecule has 0 aliphatic carbocycles. The van der Waals surface area contributed by atoms with Gasteiger partial charge in [-0.15, -0.1) is 0 Å². The van der Waals surface area contributed by atoms with E-state index in [1.54, 1.807) is 6.07 Å². The molecule has 4 nitrogen and oxygen atoms in total. The summed E-state index contributed by atoms with van der Waals surface area (Å²) in [5.74, 6) is -0.513. The van der Waals surface area contributed by atoms with Crippen molar-refractivity contribution in [1.29, 1.82) is 0 Å². The molecule has 2 rings (SSSR count). The van der Waals surface area contributed by atoms with Crippen LogP contribution in [-0.4, -0.2) is 11.0 Å². The van der Waals surface area contributed by atoms with Crippen LogP contribution in [0.1, 0.15) is 22.3 Å². The van der Waals surface area contributed by atoms with Gasteiger partial charge in [-0.1, -0.05) is 41.1 Å². The summed E-state index contributed by atoms with van der Waals surface area (Å²) >= 11 is 0. The van der Waals surface area contributed by atoms with Crippen LogP contribution in [0.3, 0.4) is 0 Å². The molecule has 0 saturated heterocycles. The van der Waals surface area contributed by atoms with Crippen molar-refractivity contribution in [2.75, 3.05) is 0 Å². The summed E-state index contributed by atoms with van der Waals surface area (Å²) in [7, 11) is 0. The molecule has 110 valence electrons. The van der Waals surface area contributed by atoms with Crippen LogP contribution < -0.4 is 11.1 Å². The molecule has 0 atom stereocenters. The smallest absolute Gasteiger partial charge is 0.170 e. The SMILES string of the molecule is Cc1cccc(CNCc2ccc(F)cc2C(N)=NO)c1. The van der Waals surface area contributed by atoms with Crippen LogP contribution in [-0.2, 0) is 13.1 Å². The van der Waals surface area contributed by atoms with Crippen molar-refractivity contribution in [2.45, 2.75) is 20.0 Å². The normalized spacial score (nSPS) is 11.6. The van der Waals surface area contributed by atoms with Gasteiger partial charge in [-0.25, -0.2) is 4.39 Å². The molecule has 0 saturated carbocycles. The predicted molar refractivity (Wildman–Crippen MR) is 80.6 cm³/mol. The molecule has 0 aliphatic rings. The van der Waals surface area contributed by atoms with Crippen LogP contribution >= 0.6 is 0 Å². The van der Waals surface area contributed by atoms with Crippen LogP contribution in [0.25, 0.3) is 0 Å². The molecular formula is C16H18FN3O. The van der Waals surface area contributed by atoms with Crippen LogP contribution in [0.4, 0.5) is 4.39 Å². The highest BCUT2D eigenvalue weighted by Gasteiger charge is 2.08. The van der Waals surface area contributed by atoms with Crippen molar-refractivity contribution in [3.63, 3.8) is 0 Å². The predicted octanol–water partition coefficient (Wildman–Crippen LogP) is 2.52. The lowest BCUT2D eigenvalue weighted by Gasteiger charge is -2.10. The molecule has 21 heavy (non-hydrogen) atoms. The van der Waals surface area contributed by atoms with Gasteiger partial charge in [-0.05, 0) is 30.2 Å². The highest BCUT2D eigenvalue weighted by Crippen LogP contribution is 2.12. The Balaban J connectivity index is 2.06. The molecule has 0 fully saturated rings. The van der Waals surface area contributed by atoms with E-state index in [0.717, 1.165) is 5.56 Å². The molecule has 0 radical (unpaired) electrons. The number of amidine groups is 1. The van der Waals surface area contributed by atoms with Gasteiger partial charge in [0.15, 0.2) is 5.84 Å². The maximum atomic E-state index is 13.3. The summed E-state index contributed by atoms with van der Waals surface area (Å²) in [6.07, 6.45) is 0. The minimum Gasteiger partial charge on any atom is -0.409 e. The number of rotatable bonds is 5. The lowest BCUT2D eigenvalue weighted by Crippen LogP contribution is -2.20. The van der Waals surface area contributed by atoms with Crippen LogP contribution in [0.5, 0.6) is 0 Å². The van der Waals surface area contributed by atoms with Crippen molar-refractivity contribution in [1.82, 2.24) is 5.32 Å². The fourth-order valence-corrected chi connectivity index (χ4v) is 2.16. The Hall–Kier alpha value is -2.40. The molecule has 0 aromatic heterocycles. The van der Waals surface area contributed by atoms with E-state index in [9.17, 15) is 4.39 Å². The van der Waals surface area contributed by atoms with Crippen LogP contribution in [0, 0.1) is 12.7 Å². The van der Waals surface area contributed by atoms with E-state index < -0.39 is 5.82 Å². The first-order valence-corrected chi connectivity index (χ1v) is 6.62. The number of benzene rings is 2. The minimum atomic E-state index is -0.418. The van der Waals surface area contributed by atoms with E-state index in [1.807, 2.05) is 25.1 Å². The summed E-state index contributed by atoms with van der Waals surface area (Å²) < 4.78 is 13.3. The summed E-state index contributed by atoms with van der Waals surface area (Å²) in [5.41, 5.74) is 9.12. The fraction of sp³-hybridized carbons (Fsp3) is 0.188. The standard InChI is InChI=1S/C16H18FN3O/c1-11-3-2-4-12(7-11)9-19-10-13-5-6-14(17)8-15(13)16(18)20-21/h2-8,19,21H,9-10H2,1H3,(H2,18,20). The zero-order chi connectivity index (χ0) is 15.2. The highest BCUT2D eigenvalue weighted by atomic mass is 19.1. The molecule has 0 unspecified atom stereocenters. The number of oxime groups is 1. The minimum absolute atomic E-state index is 0.0955. The first-order chi connectivity index (χ1) is 10.1. The average molecular weight is 287 g/mol. The zero-order valence-electron chi connectivity index (χ0n) is 11.8. The zero-order valence-corrected chi connectivity index (χ0v) is 11.8. The van der Waals surface area contributed by atoms with E-state index in [4.69, 9.17) is 10.9 Å². The topological polar surface area (TPSA) is 70.6 Å². The van der Waals surface area contributed by atoms with E-state index in [2.05, 4.69) is 16.5 Å². The van der Waals surface area contributed by atoms with Crippen LogP contribution in [0.2, 0.25) is 0 Å². The molecule has 0 aliphatic heterocycles. The summed E-state index contributed by atoms with van der Waals surface area (Å²) in [6.45, 7) is 3.23. The fourth-order valence-electron chi connectivity index (χ4n) is 2.16. The summed E-state index contributed by atoms with van der Waals surface area (Å²) in [5, 5.41) is 15.0. The first kappa shape index (κ1) is 15.0. The van der Waals surface area contributed by atoms with E-state index in [0.29, 0.717) is 18.7 Å². The van der Waals surface area contributed by atoms with Gasteiger partial charge in [-0.2, -0.15) is 0 Å². The lowest BCUT2D eigenvalue weighted by molar-refractivity contribution is 0.318. The molecule has 0 amide bonds. The number of aryl methyl sites for hydroxylation is 1. The van der Waals surface area contributed by atoms with Gasteiger partial charge in [0.2, 0.25) is 0 Å². The van der Waals surface area contributed by atoms with Crippen molar-refractivity contribution in [3.05, 3.63) is 70.5 Å². The molecule has 5 heteroatoms. The Kier molecular flexibility index (Phi) is 4.90. The monoisotopic (exact) mass is 287 g/mol. The Labute approximate surface area is 123 Å². The van der Waals surface area contributed by atoms with Gasteiger partial charge in [0.1, 0.15) is 5.82 Å². The second-order valence-electron chi connectivity index (χ2n) is 4.88. The third kappa shape index (κ3) is 4.03. The Morgan fingerprint density at radius 1 is 1.24 bits per heavy atom. The number of halogens is 1. The molecule has 0 spiro atoms. The Bertz CT molecular complexity index is 656. The van der Waals surface area contributed by atoms with E-state index in [-0.39, 0.29) is 5.84 Å². The van der Waals surface area contributed by atoms with E-state index >= 15 is 0 Å². The molecule has 2 aromatic rings. The third-order valence-corrected chi connectivity index (χ3v) is 3.18.